The molecule has 0 unspecified atom stereocenters. The Kier molecular flexibility index (Phi) is 47.6. The number of rotatable bonds is 60. The smallest absolute Gasteiger partial charge is 0.326 e. The number of nitrogens with one attached hydrogen (secondary N) is 4. The largest absolute Gasteiger partial charge is 0.481 e. The van der Waals surface area contributed by atoms with Gasteiger partial charge in [-0.1, -0.05) is 90.4 Å². The molecule has 27 nitrogen and oxygen atoms in total. The molecule has 0 aliphatic carbocycles. The molecule has 0 aromatic rings. The van der Waals surface area contributed by atoms with E-state index >= 15 is 0 Å². The van der Waals surface area contributed by atoms with E-state index in [1.54, 1.807) is 6.92 Å². The summed E-state index contributed by atoms with van der Waals surface area (Å²) in [7, 11) is 0. The number of hydrogen-bond acceptors (Lipinski definition) is 18. The number of aliphatic hydroxyl groups excluding tert-OH is 1. The molecule has 0 radical (unpaired) electrons. The summed E-state index contributed by atoms with van der Waals surface area (Å²) in [6.07, 6.45) is 13.7. The van der Waals surface area contributed by atoms with Crippen molar-refractivity contribution < 1.29 is 115 Å². The molecule has 6 atom stereocenters. The van der Waals surface area contributed by atoms with E-state index in [4.69, 9.17) is 28.9 Å². The quantitative estimate of drug-likeness (QED) is 0.0209. The van der Waals surface area contributed by atoms with Crippen LogP contribution in [0.3, 0.4) is 0 Å². The van der Waals surface area contributed by atoms with Crippen LogP contribution in [-0.4, -0.2) is 179 Å². The molecule has 27 heteroatoms. The Labute approximate surface area is 501 Å². The molecule has 492 valence electrons. The molecular weight excluding hydrogens is 1120 g/mol. The van der Waals surface area contributed by atoms with Crippen molar-refractivity contribution in [1.29, 1.82) is 0 Å². The second kappa shape index (κ2) is 51.2. The van der Waals surface area contributed by atoms with Crippen LogP contribution in [0.25, 0.3) is 0 Å². The first-order valence-corrected chi connectivity index (χ1v) is 30.0. The van der Waals surface area contributed by atoms with E-state index in [0.717, 1.165) is 51.4 Å². The van der Waals surface area contributed by atoms with Crippen molar-refractivity contribution in [2.24, 2.45) is 17.8 Å². The van der Waals surface area contributed by atoms with Crippen LogP contribution in [0.4, 0.5) is 0 Å². The predicted octanol–water partition coefficient (Wildman–Crippen LogP) is 5.33. The maximum absolute atomic E-state index is 12.6. The lowest BCUT2D eigenvalue weighted by molar-refractivity contribution is -0.151. The molecule has 0 aliphatic rings. The lowest BCUT2D eigenvalue weighted by Crippen LogP contribution is -2.42. The monoisotopic (exact) mass is 1220 g/mol. The second-order valence-electron chi connectivity index (χ2n) is 21.3. The standard InChI is InChI=1S/C58H98N4O23.2H2/c1-41(49(66)37-46(42(2)63)56(75)76)20-17-18-30-59-50(67)28-24-43(55(73)74)36-44(64)25-26-47(57(77)78)61-53(70)39-83-33-32-81-31-19-21-45(65)38-82-34-35-84-40-85-62-52(69)29-27-48(58(79)80)60-51(68)22-15-13-11-9-7-5-3-4-6-8-10-12-14-16-23-54(71)72;;/h41-43,46-48,63H,3-40H2,1-2H3,(H,59,67)(H,60,68)(H,61,70)(H,62,69)(H,71,72)(H,73,74)(H,75,76)(H,77,78)(H,79,80);2*1H/t41-,42-,43+,46+,47+,48-;;/m0../s1. The van der Waals surface area contributed by atoms with Crippen LogP contribution in [0.1, 0.15) is 203 Å². The minimum absolute atomic E-state index is 0. The van der Waals surface area contributed by atoms with Crippen molar-refractivity contribution in [1.82, 2.24) is 21.4 Å². The Morgan fingerprint density at radius 2 is 0.941 bits per heavy atom. The van der Waals surface area contributed by atoms with Crippen LogP contribution in [0.2, 0.25) is 0 Å². The predicted molar refractivity (Wildman–Crippen MR) is 309 cm³/mol. The number of carboxylic acid groups (broad SMARTS) is 5. The normalized spacial score (nSPS) is 13.3. The topological polar surface area (TPSA) is 420 Å². The van der Waals surface area contributed by atoms with Gasteiger partial charge in [-0.25, -0.2) is 19.9 Å². The van der Waals surface area contributed by atoms with Crippen molar-refractivity contribution in [3.8, 4) is 0 Å². The van der Waals surface area contributed by atoms with Gasteiger partial charge in [0.25, 0.3) is 0 Å². The van der Waals surface area contributed by atoms with Gasteiger partial charge in [0, 0.05) is 73.3 Å². The summed E-state index contributed by atoms with van der Waals surface area (Å²) in [5, 5.41) is 63.6. The lowest BCUT2D eigenvalue weighted by Gasteiger charge is -2.17. The van der Waals surface area contributed by atoms with Crippen molar-refractivity contribution in [3.05, 3.63) is 0 Å². The van der Waals surface area contributed by atoms with E-state index in [1.807, 2.05) is 0 Å². The molecule has 0 rings (SSSR count). The van der Waals surface area contributed by atoms with Gasteiger partial charge in [-0.2, -0.15) is 0 Å². The summed E-state index contributed by atoms with van der Waals surface area (Å²) >= 11 is 0. The second-order valence-corrected chi connectivity index (χ2v) is 21.3. The van der Waals surface area contributed by atoms with Crippen LogP contribution in [0.5, 0.6) is 0 Å². The van der Waals surface area contributed by atoms with Gasteiger partial charge in [-0.15, -0.1) is 0 Å². The zero-order valence-electron chi connectivity index (χ0n) is 50.0. The highest BCUT2D eigenvalue weighted by molar-refractivity contribution is 5.88. The Bertz CT molecular complexity index is 2000. The first-order valence-electron chi connectivity index (χ1n) is 30.0. The number of hydrogen-bond donors (Lipinski definition) is 10. The molecule has 0 fully saturated rings. The Morgan fingerprint density at radius 3 is 1.49 bits per heavy atom. The SMILES string of the molecule is C[C@H](O)[C@@H](CC(=O)[C@@H](C)CCCCNC(=O)CC[C@H](CC(=O)CC[C@@H](NC(=O)COCCOCCCC(=O)COCCOCONC(=O)CC[C@H](NC(=O)CCCCCCCCCCCCCCCCC(=O)O)C(=O)O)C(=O)O)C(=O)O)C(=O)O.[HH].[HH]. The van der Waals surface area contributed by atoms with Crippen LogP contribution in [-0.2, 0) is 81.3 Å². The fraction of sp³-hybridized carbons (Fsp3) is 0.793. The van der Waals surface area contributed by atoms with Gasteiger partial charge in [0.2, 0.25) is 23.6 Å². The zero-order chi connectivity index (χ0) is 63.6. The average molecular weight is 1220 g/mol. The number of hydroxylamine groups is 1. The van der Waals surface area contributed by atoms with Crippen molar-refractivity contribution in [3.63, 3.8) is 0 Å². The first-order chi connectivity index (χ1) is 40.5. The third-order valence-electron chi connectivity index (χ3n) is 13.8. The van der Waals surface area contributed by atoms with Gasteiger partial charge in [-0.3, -0.25) is 47.9 Å². The molecule has 85 heavy (non-hydrogen) atoms. The van der Waals surface area contributed by atoms with Gasteiger partial charge >= 0.3 is 29.8 Å². The molecule has 0 heterocycles. The number of carbonyl (C=O) groups excluding carboxylic acids is 7. The number of amides is 4. The number of aliphatic carboxylic acids is 5. The Morgan fingerprint density at radius 1 is 0.424 bits per heavy atom. The minimum atomic E-state index is -1.47. The number of ketones is 3. The van der Waals surface area contributed by atoms with E-state index in [9.17, 15) is 83.1 Å². The zero-order valence-corrected chi connectivity index (χ0v) is 50.0. The molecule has 10 N–H and O–H groups in total. The fourth-order valence-corrected chi connectivity index (χ4v) is 8.60. The maximum atomic E-state index is 12.6. The molecule has 0 saturated carbocycles. The van der Waals surface area contributed by atoms with Crippen LogP contribution >= 0.6 is 0 Å². The summed E-state index contributed by atoms with van der Waals surface area (Å²) in [6.45, 7) is 2.44. The molecule has 4 amide bonds. The minimum Gasteiger partial charge on any atom is -0.481 e. The Balaban J connectivity index is -0.0000353. The van der Waals surface area contributed by atoms with Gasteiger partial charge in [0.1, 0.15) is 36.9 Å². The summed E-state index contributed by atoms with van der Waals surface area (Å²) in [5.74, 6) is -12.1. The van der Waals surface area contributed by atoms with E-state index in [1.165, 1.54) is 39.0 Å². The maximum Gasteiger partial charge on any atom is 0.326 e. The number of ether oxygens (including phenoxy) is 4. The molecule has 0 aromatic heterocycles. The van der Waals surface area contributed by atoms with E-state index in [2.05, 4.69) is 21.4 Å². The van der Waals surface area contributed by atoms with E-state index in [0.29, 0.717) is 32.1 Å². The van der Waals surface area contributed by atoms with Crippen molar-refractivity contribution in [2.45, 2.75) is 218 Å². The third-order valence-corrected chi connectivity index (χ3v) is 13.8. The number of carboxylic acids is 5. The Hall–Kier alpha value is -6.00. The summed E-state index contributed by atoms with van der Waals surface area (Å²) in [4.78, 5) is 148. The highest BCUT2D eigenvalue weighted by atomic mass is 16.8. The lowest BCUT2D eigenvalue weighted by atomic mass is 9.89. The number of carbonyl (C=O) groups is 12. The molecule has 0 spiro atoms. The number of unbranched alkanes of at least 4 members (excludes halogenated alkanes) is 14. The molecule has 0 saturated heterocycles. The summed E-state index contributed by atoms with van der Waals surface area (Å²) in [5.41, 5.74) is 2.14. The number of aliphatic hydroxyl groups is 1. The van der Waals surface area contributed by atoms with Gasteiger partial charge in [-0.05, 0) is 58.3 Å². The van der Waals surface area contributed by atoms with Gasteiger partial charge in [0.15, 0.2) is 12.6 Å². The summed E-state index contributed by atoms with van der Waals surface area (Å²) in [6, 6.07) is -2.70. The molecule has 0 aliphatic heterocycles. The fourth-order valence-electron chi connectivity index (χ4n) is 8.60. The number of Topliss-reactive ketones (excluding diaryl/α,β-unsaturated/α-hetero) is 3. The molecular formula is C58H102N4O23. The first kappa shape index (κ1) is 79.0. The molecule has 0 bridgehead atoms. The van der Waals surface area contributed by atoms with Crippen LogP contribution in [0, 0.1) is 17.8 Å². The van der Waals surface area contributed by atoms with Crippen molar-refractivity contribution in [2.75, 3.05) is 59.6 Å². The van der Waals surface area contributed by atoms with Crippen LogP contribution < -0.4 is 21.4 Å². The van der Waals surface area contributed by atoms with Crippen LogP contribution in [0.15, 0.2) is 0 Å². The highest BCUT2D eigenvalue weighted by Gasteiger charge is 2.29. The molecule has 0 aromatic carbocycles. The third kappa shape index (κ3) is 46.9. The van der Waals surface area contributed by atoms with E-state index < -0.39 is 108 Å². The van der Waals surface area contributed by atoms with E-state index in [-0.39, 0.29) is 132 Å². The van der Waals surface area contributed by atoms with Gasteiger partial charge < -0.3 is 65.5 Å². The highest BCUT2D eigenvalue weighted by Crippen LogP contribution is 2.19. The van der Waals surface area contributed by atoms with Crippen molar-refractivity contribution >= 4 is 70.8 Å². The summed E-state index contributed by atoms with van der Waals surface area (Å²) < 4.78 is 21.1. The average Bonchev–Trinajstić information content (AvgIpc) is 3.66. The van der Waals surface area contributed by atoms with Gasteiger partial charge in [0.05, 0.1) is 44.4 Å².